The summed E-state index contributed by atoms with van der Waals surface area (Å²) in [5, 5.41) is 10.8. The zero-order chi connectivity index (χ0) is 10.8. The van der Waals surface area contributed by atoms with Gasteiger partial charge in [0, 0.05) is 17.4 Å². The van der Waals surface area contributed by atoms with Gasteiger partial charge in [-0.2, -0.15) is 0 Å². The van der Waals surface area contributed by atoms with Gasteiger partial charge in [-0.05, 0) is 34.8 Å². The van der Waals surface area contributed by atoms with Gasteiger partial charge in [-0.3, -0.25) is 0 Å². The number of aliphatic hydroxyl groups is 1. The Morgan fingerprint density at radius 1 is 1.67 bits per heavy atom. The number of ether oxygens (including phenoxy) is 1. The molecule has 0 amide bonds. The maximum atomic E-state index is 10.1. The molecule has 5 heteroatoms. The van der Waals surface area contributed by atoms with Gasteiger partial charge in [0.25, 0.3) is 0 Å². The maximum Gasteiger partial charge on any atom is 0.0932 e. The molecule has 2 nitrogen and oxygen atoms in total. The summed E-state index contributed by atoms with van der Waals surface area (Å²) < 4.78 is 6.25. The van der Waals surface area contributed by atoms with Crippen molar-refractivity contribution < 1.29 is 9.84 Å². The van der Waals surface area contributed by atoms with Crippen molar-refractivity contribution in [1.29, 1.82) is 0 Å². The van der Waals surface area contributed by atoms with E-state index in [0.717, 1.165) is 28.1 Å². The van der Waals surface area contributed by atoms with Crippen LogP contribution in [0.2, 0.25) is 5.02 Å². The molecule has 0 aromatic carbocycles. The van der Waals surface area contributed by atoms with E-state index in [1.54, 1.807) is 0 Å². The first-order valence-corrected chi connectivity index (χ1v) is 6.88. The SMILES string of the molecule is OC(c1cc(Cl)c(Br)s1)C1CCCOC1. The number of aliphatic hydroxyl groups excluding tert-OH is 1. The van der Waals surface area contributed by atoms with E-state index in [2.05, 4.69) is 15.9 Å². The second-order valence-corrected chi connectivity index (χ2v) is 6.50. The number of hydrogen-bond donors (Lipinski definition) is 1. The maximum absolute atomic E-state index is 10.1. The van der Waals surface area contributed by atoms with Gasteiger partial charge in [-0.25, -0.2) is 0 Å². The average molecular weight is 312 g/mol. The molecule has 2 unspecified atom stereocenters. The fraction of sp³-hybridized carbons (Fsp3) is 0.600. The fourth-order valence-corrected chi connectivity index (χ4v) is 3.58. The van der Waals surface area contributed by atoms with E-state index in [0.29, 0.717) is 11.6 Å². The summed E-state index contributed by atoms with van der Waals surface area (Å²) in [6, 6.07) is 1.83. The molecule has 2 heterocycles. The molecule has 1 aliphatic heterocycles. The minimum absolute atomic E-state index is 0.209. The van der Waals surface area contributed by atoms with Crippen molar-refractivity contribution in [3.8, 4) is 0 Å². The number of halogens is 2. The molecule has 2 atom stereocenters. The third kappa shape index (κ3) is 2.74. The normalized spacial score (nSPS) is 24.1. The largest absolute Gasteiger partial charge is 0.387 e. The van der Waals surface area contributed by atoms with Crippen LogP contribution in [-0.2, 0) is 4.74 Å². The molecular weight excluding hydrogens is 300 g/mol. The highest BCUT2D eigenvalue weighted by Crippen LogP contribution is 2.39. The van der Waals surface area contributed by atoms with Crippen LogP contribution >= 0.6 is 38.9 Å². The van der Waals surface area contributed by atoms with E-state index >= 15 is 0 Å². The van der Waals surface area contributed by atoms with Crippen molar-refractivity contribution in [2.45, 2.75) is 18.9 Å². The molecule has 1 aromatic rings. The predicted molar refractivity (Wildman–Crippen MR) is 65.5 cm³/mol. The van der Waals surface area contributed by atoms with Crippen LogP contribution in [0.25, 0.3) is 0 Å². The molecule has 15 heavy (non-hydrogen) atoms. The van der Waals surface area contributed by atoms with Gasteiger partial charge in [-0.15, -0.1) is 11.3 Å². The Kier molecular flexibility index (Phi) is 4.07. The molecule has 1 aromatic heterocycles. The van der Waals surface area contributed by atoms with E-state index in [-0.39, 0.29) is 5.92 Å². The molecule has 0 radical (unpaired) electrons. The van der Waals surface area contributed by atoms with E-state index < -0.39 is 6.10 Å². The van der Waals surface area contributed by atoms with E-state index in [9.17, 15) is 5.11 Å². The number of rotatable bonds is 2. The highest BCUT2D eigenvalue weighted by molar-refractivity contribution is 9.11. The molecule has 1 saturated heterocycles. The van der Waals surface area contributed by atoms with Crippen LogP contribution in [-0.4, -0.2) is 18.3 Å². The fourth-order valence-electron chi connectivity index (χ4n) is 1.76. The Balaban J connectivity index is 2.08. The Morgan fingerprint density at radius 2 is 2.47 bits per heavy atom. The van der Waals surface area contributed by atoms with Gasteiger partial charge < -0.3 is 9.84 Å². The first kappa shape index (κ1) is 11.9. The Morgan fingerprint density at radius 3 is 3.00 bits per heavy atom. The summed E-state index contributed by atoms with van der Waals surface area (Å²) in [5.41, 5.74) is 0. The first-order valence-electron chi connectivity index (χ1n) is 4.89. The van der Waals surface area contributed by atoms with Crippen molar-refractivity contribution in [1.82, 2.24) is 0 Å². The van der Waals surface area contributed by atoms with Crippen molar-refractivity contribution in [2.24, 2.45) is 5.92 Å². The standard InChI is InChI=1S/C10H12BrClO2S/c11-10-7(12)4-8(15-10)9(13)6-2-1-3-14-5-6/h4,6,9,13H,1-3,5H2. The monoisotopic (exact) mass is 310 g/mol. The van der Waals surface area contributed by atoms with Crippen molar-refractivity contribution in [3.63, 3.8) is 0 Å². The molecule has 0 bridgehead atoms. The predicted octanol–water partition coefficient (Wildman–Crippen LogP) is 3.62. The molecule has 1 N–H and O–H groups in total. The smallest absolute Gasteiger partial charge is 0.0932 e. The van der Waals surface area contributed by atoms with Crippen LogP contribution in [0.4, 0.5) is 0 Å². The lowest BCUT2D eigenvalue weighted by Gasteiger charge is -2.25. The third-order valence-corrected chi connectivity index (χ3v) is 5.14. The Labute approximate surface area is 106 Å². The molecule has 2 rings (SSSR count). The lowest BCUT2D eigenvalue weighted by Crippen LogP contribution is -2.23. The minimum atomic E-state index is -0.445. The van der Waals surface area contributed by atoms with Crippen molar-refractivity contribution in [3.05, 3.63) is 19.8 Å². The first-order chi connectivity index (χ1) is 7.18. The number of hydrogen-bond acceptors (Lipinski definition) is 3. The van der Waals surface area contributed by atoms with Crippen molar-refractivity contribution in [2.75, 3.05) is 13.2 Å². The summed E-state index contributed by atoms with van der Waals surface area (Å²) >= 11 is 10.8. The summed E-state index contributed by atoms with van der Waals surface area (Å²) in [6.45, 7) is 1.46. The summed E-state index contributed by atoms with van der Waals surface area (Å²) in [5.74, 6) is 0.209. The van der Waals surface area contributed by atoms with Gasteiger partial charge in [0.05, 0.1) is 21.5 Å². The van der Waals surface area contributed by atoms with Crippen LogP contribution in [0.5, 0.6) is 0 Å². The zero-order valence-electron chi connectivity index (χ0n) is 8.08. The van der Waals surface area contributed by atoms with E-state index in [1.807, 2.05) is 6.07 Å². The second-order valence-electron chi connectivity index (χ2n) is 3.69. The van der Waals surface area contributed by atoms with Gasteiger partial charge >= 0.3 is 0 Å². The second kappa shape index (κ2) is 5.15. The summed E-state index contributed by atoms with van der Waals surface area (Å²) in [6.07, 6.45) is 1.61. The van der Waals surface area contributed by atoms with Crippen LogP contribution < -0.4 is 0 Å². The highest BCUT2D eigenvalue weighted by Gasteiger charge is 2.25. The molecule has 84 valence electrons. The Bertz CT molecular complexity index is 317. The molecular formula is C10H12BrClO2S. The van der Waals surface area contributed by atoms with Gasteiger partial charge in [0.15, 0.2) is 0 Å². The summed E-state index contributed by atoms with van der Waals surface area (Å²) in [7, 11) is 0. The van der Waals surface area contributed by atoms with E-state index in [4.69, 9.17) is 16.3 Å². The lowest BCUT2D eigenvalue weighted by molar-refractivity contribution is -0.00862. The van der Waals surface area contributed by atoms with Crippen LogP contribution in [0.3, 0.4) is 0 Å². The molecule has 1 aliphatic rings. The average Bonchev–Trinajstić information content (AvgIpc) is 2.59. The highest BCUT2D eigenvalue weighted by atomic mass is 79.9. The van der Waals surface area contributed by atoms with Crippen LogP contribution in [0.1, 0.15) is 23.8 Å². The third-order valence-electron chi connectivity index (χ3n) is 2.60. The topological polar surface area (TPSA) is 29.5 Å². The molecule has 0 spiro atoms. The van der Waals surface area contributed by atoms with Gasteiger partial charge in [0.1, 0.15) is 0 Å². The zero-order valence-corrected chi connectivity index (χ0v) is 11.2. The minimum Gasteiger partial charge on any atom is -0.387 e. The van der Waals surface area contributed by atoms with Crippen molar-refractivity contribution >= 4 is 38.9 Å². The Hall–Kier alpha value is 0.390. The van der Waals surface area contributed by atoms with Crippen LogP contribution in [0, 0.1) is 5.92 Å². The van der Waals surface area contributed by atoms with E-state index in [1.165, 1.54) is 11.3 Å². The van der Waals surface area contributed by atoms with Crippen LogP contribution in [0.15, 0.2) is 9.85 Å². The molecule has 1 fully saturated rings. The molecule has 0 aliphatic carbocycles. The van der Waals surface area contributed by atoms with Gasteiger partial charge in [0.2, 0.25) is 0 Å². The quantitative estimate of drug-likeness (QED) is 0.904. The lowest BCUT2D eigenvalue weighted by atomic mass is 9.95. The van der Waals surface area contributed by atoms with Gasteiger partial charge in [-0.1, -0.05) is 11.6 Å². The number of thiophene rings is 1. The summed E-state index contributed by atoms with van der Waals surface area (Å²) in [4.78, 5) is 0.919. The molecule has 0 saturated carbocycles.